The molecule has 1 N–H and O–H groups in total. The molecule has 1 aromatic heterocycles. The Kier molecular flexibility index (Phi) is 5.36. The number of H-pyrrole nitrogens is 1. The SMILES string of the molecule is CCc1ccc([C@@H]2CC(=O)c3c([nH]c(C(=O)OC[C@H]4CCCO4)c3C)C2)cc1. The molecular formula is C23H27NO4. The van der Waals surface area contributed by atoms with Gasteiger partial charge in [-0.15, -0.1) is 0 Å². The van der Waals surface area contributed by atoms with E-state index in [-0.39, 0.29) is 24.4 Å². The monoisotopic (exact) mass is 381 g/mol. The number of nitrogens with one attached hydrogen (secondary N) is 1. The van der Waals surface area contributed by atoms with Crippen LogP contribution in [-0.4, -0.2) is 36.1 Å². The van der Waals surface area contributed by atoms with Crippen LogP contribution in [0.5, 0.6) is 0 Å². The van der Waals surface area contributed by atoms with E-state index in [0.717, 1.165) is 38.0 Å². The van der Waals surface area contributed by atoms with Gasteiger partial charge in [0.15, 0.2) is 5.78 Å². The Morgan fingerprint density at radius 2 is 2.04 bits per heavy atom. The number of hydrogen-bond donors (Lipinski definition) is 1. The maximum Gasteiger partial charge on any atom is 0.355 e. The lowest BCUT2D eigenvalue weighted by molar-refractivity contribution is 0.0156. The van der Waals surface area contributed by atoms with Crippen molar-refractivity contribution in [2.75, 3.05) is 13.2 Å². The van der Waals surface area contributed by atoms with Gasteiger partial charge < -0.3 is 14.5 Å². The summed E-state index contributed by atoms with van der Waals surface area (Å²) in [7, 11) is 0. The molecule has 4 rings (SSSR count). The molecule has 2 heterocycles. The number of aryl methyl sites for hydroxylation is 1. The van der Waals surface area contributed by atoms with Crippen LogP contribution in [0.1, 0.15) is 75.3 Å². The Morgan fingerprint density at radius 1 is 1.25 bits per heavy atom. The first-order valence-electron chi connectivity index (χ1n) is 10.2. The molecule has 28 heavy (non-hydrogen) atoms. The van der Waals surface area contributed by atoms with Crippen LogP contribution in [0, 0.1) is 6.92 Å². The molecule has 5 heteroatoms. The average molecular weight is 381 g/mol. The van der Waals surface area contributed by atoms with Crippen molar-refractivity contribution >= 4 is 11.8 Å². The molecule has 2 atom stereocenters. The predicted molar refractivity (Wildman–Crippen MR) is 106 cm³/mol. The zero-order valence-corrected chi connectivity index (χ0v) is 16.5. The summed E-state index contributed by atoms with van der Waals surface area (Å²) in [6, 6.07) is 8.50. The van der Waals surface area contributed by atoms with E-state index in [0.29, 0.717) is 23.2 Å². The summed E-state index contributed by atoms with van der Waals surface area (Å²) >= 11 is 0. The predicted octanol–water partition coefficient (Wildman–Crippen LogP) is 4.13. The number of ketones is 1. The van der Waals surface area contributed by atoms with Gasteiger partial charge >= 0.3 is 5.97 Å². The molecule has 2 aromatic rings. The second-order valence-electron chi connectivity index (χ2n) is 7.84. The highest BCUT2D eigenvalue weighted by Crippen LogP contribution is 2.35. The van der Waals surface area contributed by atoms with Crippen LogP contribution in [0.2, 0.25) is 0 Å². The first-order chi connectivity index (χ1) is 13.6. The van der Waals surface area contributed by atoms with Gasteiger partial charge in [-0.1, -0.05) is 31.2 Å². The van der Waals surface area contributed by atoms with Gasteiger partial charge in [-0.2, -0.15) is 0 Å². The molecule has 5 nitrogen and oxygen atoms in total. The highest BCUT2D eigenvalue weighted by atomic mass is 16.6. The van der Waals surface area contributed by atoms with Crippen LogP contribution in [0.25, 0.3) is 0 Å². The zero-order valence-electron chi connectivity index (χ0n) is 16.5. The molecule has 1 aliphatic carbocycles. The Bertz CT molecular complexity index is 875. The van der Waals surface area contributed by atoms with Crippen LogP contribution in [0.3, 0.4) is 0 Å². The van der Waals surface area contributed by atoms with Crippen molar-refractivity contribution in [3.63, 3.8) is 0 Å². The van der Waals surface area contributed by atoms with Crippen molar-refractivity contribution in [2.24, 2.45) is 0 Å². The number of benzene rings is 1. The number of rotatable bonds is 5. The highest BCUT2D eigenvalue weighted by molar-refractivity contribution is 6.03. The van der Waals surface area contributed by atoms with Gasteiger partial charge in [0, 0.05) is 24.3 Å². The Hall–Kier alpha value is -2.40. The molecule has 0 saturated carbocycles. The summed E-state index contributed by atoms with van der Waals surface area (Å²) in [6.45, 7) is 4.95. The van der Waals surface area contributed by atoms with E-state index in [9.17, 15) is 9.59 Å². The topological polar surface area (TPSA) is 68.4 Å². The minimum Gasteiger partial charge on any atom is -0.458 e. The third-order valence-corrected chi connectivity index (χ3v) is 5.98. The van der Waals surface area contributed by atoms with Crippen LogP contribution in [0.15, 0.2) is 24.3 Å². The van der Waals surface area contributed by atoms with Gasteiger partial charge in [0.1, 0.15) is 12.3 Å². The second kappa shape index (κ2) is 7.92. The van der Waals surface area contributed by atoms with E-state index in [1.807, 2.05) is 6.92 Å². The number of esters is 1. The molecule has 2 aliphatic rings. The number of fused-ring (bicyclic) bond motifs is 1. The maximum atomic E-state index is 12.8. The summed E-state index contributed by atoms with van der Waals surface area (Å²) in [5.41, 5.74) is 5.09. The lowest BCUT2D eigenvalue weighted by Crippen LogP contribution is -2.18. The number of aromatic nitrogens is 1. The lowest BCUT2D eigenvalue weighted by atomic mass is 9.81. The fourth-order valence-corrected chi connectivity index (χ4v) is 4.32. The quantitative estimate of drug-likeness (QED) is 0.791. The number of Topliss-reactive ketones (excluding diaryl/α,β-unsaturated/α-hetero) is 1. The minimum atomic E-state index is -0.404. The Balaban J connectivity index is 1.51. The van der Waals surface area contributed by atoms with Gasteiger partial charge in [-0.25, -0.2) is 4.79 Å². The molecule has 0 amide bonds. The standard InChI is InChI=1S/C23H27NO4/c1-3-15-6-8-16(9-7-15)17-11-19-21(20(25)12-17)14(2)22(24-19)23(26)28-13-18-5-4-10-27-18/h6-9,17-18,24H,3-5,10-13H2,1-2H3/t17-,18+/m0/s1. The fourth-order valence-electron chi connectivity index (χ4n) is 4.32. The van der Waals surface area contributed by atoms with Gasteiger partial charge in [0.25, 0.3) is 0 Å². The Labute approximate surface area is 165 Å². The summed E-state index contributed by atoms with van der Waals surface area (Å²) < 4.78 is 10.9. The molecule has 1 aromatic carbocycles. The summed E-state index contributed by atoms with van der Waals surface area (Å²) in [6.07, 6.45) is 4.12. The zero-order chi connectivity index (χ0) is 19.7. The van der Waals surface area contributed by atoms with Gasteiger partial charge in [0.2, 0.25) is 0 Å². The minimum absolute atomic E-state index is 0.00838. The number of carbonyl (C=O) groups excluding carboxylic acids is 2. The van der Waals surface area contributed by atoms with E-state index in [1.165, 1.54) is 11.1 Å². The number of hydrogen-bond acceptors (Lipinski definition) is 4. The van der Waals surface area contributed by atoms with E-state index >= 15 is 0 Å². The normalized spacial score (nSPS) is 21.6. The average Bonchev–Trinajstić information content (AvgIpc) is 3.34. The Morgan fingerprint density at radius 3 is 2.71 bits per heavy atom. The van der Waals surface area contributed by atoms with Crippen LogP contribution in [0.4, 0.5) is 0 Å². The van der Waals surface area contributed by atoms with E-state index in [2.05, 4.69) is 36.2 Å². The molecule has 1 aliphatic heterocycles. The van der Waals surface area contributed by atoms with Crippen LogP contribution in [-0.2, 0) is 22.3 Å². The molecule has 0 radical (unpaired) electrons. The van der Waals surface area contributed by atoms with Crippen molar-refractivity contribution in [3.8, 4) is 0 Å². The van der Waals surface area contributed by atoms with Crippen molar-refractivity contribution in [1.82, 2.24) is 4.98 Å². The summed E-state index contributed by atoms with van der Waals surface area (Å²) in [4.78, 5) is 28.6. The first kappa shape index (κ1) is 18.9. The van der Waals surface area contributed by atoms with Gasteiger partial charge in [-0.05, 0) is 55.2 Å². The maximum absolute atomic E-state index is 12.8. The van der Waals surface area contributed by atoms with Gasteiger partial charge in [-0.3, -0.25) is 4.79 Å². The molecule has 1 fully saturated rings. The highest BCUT2D eigenvalue weighted by Gasteiger charge is 2.32. The summed E-state index contributed by atoms with van der Waals surface area (Å²) in [5.74, 6) is -0.170. The molecule has 0 unspecified atom stereocenters. The molecule has 0 spiro atoms. The second-order valence-corrected chi connectivity index (χ2v) is 7.84. The third kappa shape index (κ3) is 3.63. The number of aromatic amines is 1. The number of carbonyl (C=O) groups is 2. The van der Waals surface area contributed by atoms with E-state index < -0.39 is 5.97 Å². The van der Waals surface area contributed by atoms with Crippen molar-refractivity contribution in [1.29, 1.82) is 0 Å². The summed E-state index contributed by atoms with van der Waals surface area (Å²) in [5, 5.41) is 0. The lowest BCUT2D eigenvalue weighted by Gasteiger charge is -2.22. The molecule has 1 saturated heterocycles. The van der Waals surface area contributed by atoms with Crippen molar-refractivity contribution in [2.45, 2.75) is 58.0 Å². The molecule has 148 valence electrons. The van der Waals surface area contributed by atoms with Gasteiger partial charge in [0.05, 0.1) is 6.10 Å². The number of ether oxygens (including phenoxy) is 2. The van der Waals surface area contributed by atoms with Crippen LogP contribution < -0.4 is 0 Å². The van der Waals surface area contributed by atoms with Crippen LogP contribution >= 0.6 is 0 Å². The van der Waals surface area contributed by atoms with Crippen molar-refractivity contribution < 1.29 is 19.1 Å². The van der Waals surface area contributed by atoms with Crippen molar-refractivity contribution in [3.05, 3.63) is 57.9 Å². The van der Waals surface area contributed by atoms with E-state index in [4.69, 9.17) is 9.47 Å². The smallest absolute Gasteiger partial charge is 0.355 e. The third-order valence-electron chi connectivity index (χ3n) is 5.98. The largest absolute Gasteiger partial charge is 0.458 e. The first-order valence-corrected chi connectivity index (χ1v) is 10.2. The molecular weight excluding hydrogens is 354 g/mol. The van der Waals surface area contributed by atoms with E-state index in [1.54, 1.807) is 0 Å². The fraction of sp³-hybridized carbons (Fsp3) is 0.478. The molecule has 0 bridgehead atoms.